The Hall–Kier alpha value is -0.610. The highest BCUT2D eigenvalue weighted by Gasteiger charge is 2.27. The van der Waals surface area contributed by atoms with E-state index < -0.39 is 0 Å². The van der Waals surface area contributed by atoms with Crippen LogP contribution in [0.1, 0.15) is 26.2 Å². The molecule has 1 fully saturated rings. The maximum absolute atomic E-state index is 10.9. The summed E-state index contributed by atoms with van der Waals surface area (Å²) < 4.78 is 15.3. The number of ether oxygens (including phenoxy) is 3. The summed E-state index contributed by atoms with van der Waals surface area (Å²) in [6.07, 6.45) is 1.95. The van der Waals surface area contributed by atoms with E-state index in [0.29, 0.717) is 6.61 Å². The Balaban J connectivity index is 2.20. The van der Waals surface area contributed by atoms with Crippen LogP contribution in [0, 0.1) is 0 Å². The summed E-state index contributed by atoms with van der Waals surface area (Å²) in [5.41, 5.74) is 0. The van der Waals surface area contributed by atoms with Gasteiger partial charge in [-0.15, -0.1) is 0 Å². The highest BCUT2D eigenvalue weighted by atomic mass is 16.7. The highest BCUT2D eigenvalue weighted by molar-refractivity contribution is 5.69. The quantitative estimate of drug-likeness (QED) is 0.619. The minimum atomic E-state index is -0.245. The molecule has 0 aromatic carbocycles. The second-order valence-corrected chi connectivity index (χ2v) is 3.09. The molecule has 0 aromatic rings. The van der Waals surface area contributed by atoms with Gasteiger partial charge < -0.3 is 14.2 Å². The molecule has 0 saturated carbocycles. The Morgan fingerprint density at radius 3 is 3.00 bits per heavy atom. The van der Waals surface area contributed by atoms with Crippen LogP contribution in [0.3, 0.4) is 0 Å². The van der Waals surface area contributed by atoms with Crippen molar-refractivity contribution in [2.75, 3.05) is 13.7 Å². The number of carbonyl (C=O) groups excluding carboxylic acids is 1. The molecule has 2 unspecified atom stereocenters. The first-order chi connectivity index (χ1) is 6.26. The van der Waals surface area contributed by atoms with Gasteiger partial charge in [0.05, 0.1) is 26.2 Å². The van der Waals surface area contributed by atoms with Crippen LogP contribution in [0.5, 0.6) is 0 Å². The lowest BCUT2D eigenvalue weighted by Crippen LogP contribution is -2.17. The van der Waals surface area contributed by atoms with Crippen molar-refractivity contribution >= 4 is 5.97 Å². The molecule has 1 rings (SSSR count). The predicted molar refractivity (Wildman–Crippen MR) is 46.2 cm³/mol. The van der Waals surface area contributed by atoms with E-state index in [1.807, 2.05) is 0 Å². The lowest BCUT2D eigenvalue weighted by atomic mass is 10.3. The number of esters is 1. The first-order valence-corrected chi connectivity index (χ1v) is 4.60. The van der Waals surface area contributed by atoms with E-state index in [0.717, 1.165) is 12.8 Å². The van der Waals surface area contributed by atoms with Crippen LogP contribution in [-0.2, 0) is 19.0 Å². The Labute approximate surface area is 78.2 Å². The van der Waals surface area contributed by atoms with Crippen molar-refractivity contribution in [3.63, 3.8) is 0 Å². The third kappa shape index (κ3) is 3.32. The van der Waals surface area contributed by atoms with Gasteiger partial charge in [0, 0.05) is 0 Å². The maximum atomic E-state index is 10.9. The average Bonchev–Trinajstić information content (AvgIpc) is 2.53. The monoisotopic (exact) mass is 188 g/mol. The molecule has 1 aliphatic rings. The fraction of sp³-hybridized carbons (Fsp3) is 0.889. The van der Waals surface area contributed by atoms with Gasteiger partial charge in [-0.25, -0.2) is 0 Å². The summed E-state index contributed by atoms with van der Waals surface area (Å²) >= 11 is 0. The summed E-state index contributed by atoms with van der Waals surface area (Å²) in [6, 6.07) is 0. The van der Waals surface area contributed by atoms with E-state index in [1.54, 1.807) is 0 Å². The third-order valence-corrected chi connectivity index (χ3v) is 1.96. The number of hydrogen-bond acceptors (Lipinski definition) is 4. The number of carbonyl (C=O) groups is 1. The summed E-state index contributed by atoms with van der Waals surface area (Å²) in [7, 11) is 1.38. The Morgan fingerprint density at radius 2 is 2.38 bits per heavy atom. The summed E-state index contributed by atoms with van der Waals surface area (Å²) in [5, 5.41) is 0. The molecule has 1 aliphatic heterocycles. The van der Waals surface area contributed by atoms with Gasteiger partial charge in [0.1, 0.15) is 0 Å². The molecule has 0 bridgehead atoms. The zero-order valence-electron chi connectivity index (χ0n) is 8.12. The molecule has 0 N–H and O–H groups in total. The summed E-state index contributed by atoms with van der Waals surface area (Å²) in [6.45, 7) is 2.57. The fourth-order valence-electron chi connectivity index (χ4n) is 1.27. The van der Waals surface area contributed by atoms with Gasteiger partial charge in [-0.2, -0.15) is 0 Å². The molecule has 13 heavy (non-hydrogen) atoms. The molecular formula is C9H16O4. The van der Waals surface area contributed by atoms with Crippen molar-refractivity contribution in [2.45, 2.75) is 38.6 Å². The molecular weight excluding hydrogens is 172 g/mol. The van der Waals surface area contributed by atoms with Gasteiger partial charge in [0.25, 0.3) is 0 Å². The minimum Gasteiger partial charge on any atom is -0.469 e. The Bertz CT molecular complexity index is 169. The van der Waals surface area contributed by atoms with Crippen molar-refractivity contribution in [3.8, 4) is 0 Å². The normalized spacial score (nSPS) is 27.5. The first-order valence-electron chi connectivity index (χ1n) is 4.60. The molecule has 1 heterocycles. The van der Waals surface area contributed by atoms with E-state index in [2.05, 4.69) is 11.7 Å². The van der Waals surface area contributed by atoms with Crippen LogP contribution in [0.15, 0.2) is 0 Å². The van der Waals surface area contributed by atoms with Crippen LogP contribution in [-0.4, -0.2) is 32.1 Å². The van der Waals surface area contributed by atoms with Gasteiger partial charge >= 0.3 is 5.97 Å². The molecule has 4 heteroatoms. The standard InChI is InChI=1S/C9H16O4/c1-3-4-9-12-6-7(13-9)5-8(10)11-2/h7,9H,3-6H2,1-2H3. The van der Waals surface area contributed by atoms with Gasteiger partial charge in [0.2, 0.25) is 0 Å². The summed E-state index contributed by atoms with van der Waals surface area (Å²) in [4.78, 5) is 10.9. The van der Waals surface area contributed by atoms with E-state index >= 15 is 0 Å². The lowest BCUT2D eigenvalue weighted by molar-refractivity contribution is -0.143. The van der Waals surface area contributed by atoms with Gasteiger partial charge in [-0.05, 0) is 6.42 Å². The van der Waals surface area contributed by atoms with Gasteiger partial charge in [0.15, 0.2) is 6.29 Å². The second-order valence-electron chi connectivity index (χ2n) is 3.09. The van der Waals surface area contributed by atoms with Crippen molar-refractivity contribution in [2.24, 2.45) is 0 Å². The number of hydrogen-bond donors (Lipinski definition) is 0. The van der Waals surface area contributed by atoms with Crippen LogP contribution >= 0.6 is 0 Å². The molecule has 76 valence electrons. The molecule has 2 atom stereocenters. The van der Waals surface area contributed by atoms with E-state index in [9.17, 15) is 4.79 Å². The van der Waals surface area contributed by atoms with Crippen molar-refractivity contribution in [1.29, 1.82) is 0 Å². The largest absolute Gasteiger partial charge is 0.469 e. The smallest absolute Gasteiger partial charge is 0.308 e. The second kappa shape index (κ2) is 5.19. The van der Waals surface area contributed by atoms with E-state index in [-0.39, 0.29) is 24.8 Å². The number of rotatable bonds is 4. The van der Waals surface area contributed by atoms with E-state index in [4.69, 9.17) is 9.47 Å². The molecule has 1 saturated heterocycles. The van der Waals surface area contributed by atoms with Crippen molar-refractivity contribution < 1.29 is 19.0 Å². The molecule has 4 nitrogen and oxygen atoms in total. The molecule has 0 amide bonds. The van der Waals surface area contributed by atoms with Crippen molar-refractivity contribution in [3.05, 3.63) is 0 Å². The Kier molecular flexibility index (Phi) is 4.18. The third-order valence-electron chi connectivity index (χ3n) is 1.96. The molecule has 0 spiro atoms. The molecule has 0 aliphatic carbocycles. The average molecular weight is 188 g/mol. The van der Waals surface area contributed by atoms with Crippen LogP contribution in [0.4, 0.5) is 0 Å². The first kappa shape index (κ1) is 10.5. The zero-order valence-corrected chi connectivity index (χ0v) is 8.12. The highest BCUT2D eigenvalue weighted by Crippen LogP contribution is 2.18. The van der Waals surface area contributed by atoms with Crippen LogP contribution in [0.25, 0.3) is 0 Å². The minimum absolute atomic E-state index is 0.121. The summed E-state index contributed by atoms with van der Waals surface area (Å²) in [5.74, 6) is -0.245. The van der Waals surface area contributed by atoms with Gasteiger partial charge in [-0.1, -0.05) is 13.3 Å². The predicted octanol–water partition coefficient (Wildman–Crippen LogP) is 1.09. The van der Waals surface area contributed by atoms with Crippen LogP contribution < -0.4 is 0 Å². The molecule has 0 aromatic heterocycles. The topological polar surface area (TPSA) is 44.8 Å². The number of methoxy groups -OCH3 is 1. The van der Waals surface area contributed by atoms with Gasteiger partial charge in [-0.3, -0.25) is 4.79 Å². The SMILES string of the molecule is CCCC1OCC(CC(=O)OC)O1. The lowest BCUT2D eigenvalue weighted by Gasteiger charge is -2.08. The fourth-order valence-corrected chi connectivity index (χ4v) is 1.27. The van der Waals surface area contributed by atoms with Crippen LogP contribution in [0.2, 0.25) is 0 Å². The zero-order chi connectivity index (χ0) is 9.68. The van der Waals surface area contributed by atoms with E-state index in [1.165, 1.54) is 7.11 Å². The Morgan fingerprint density at radius 1 is 1.62 bits per heavy atom. The molecule has 0 radical (unpaired) electrons. The maximum Gasteiger partial charge on any atom is 0.308 e. The van der Waals surface area contributed by atoms with Crippen molar-refractivity contribution in [1.82, 2.24) is 0 Å².